The molecule has 11 heteroatoms. The number of nitrogens with zero attached hydrogens (tertiary/aromatic N) is 5. The van der Waals surface area contributed by atoms with E-state index in [4.69, 9.17) is 4.98 Å². The number of halogens is 1. The van der Waals surface area contributed by atoms with Crippen LogP contribution in [0.25, 0.3) is 11.0 Å². The lowest BCUT2D eigenvalue weighted by Crippen LogP contribution is -2.44. The Morgan fingerprint density at radius 1 is 0.951 bits per heavy atom. The molecule has 6 rings (SSSR count). The van der Waals surface area contributed by atoms with E-state index in [9.17, 15) is 14.3 Å². The average molecular weight is 553 g/mol. The Balaban J connectivity index is 1.33. The van der Waals surface area contributed by atoms with Gasteiger partial charge in [-0.05, 0) is 67.7 Å². The van der Waals surface area contributed by atoms with Crippen LogP contribution in [0.5, 0.6) is 0 Å². The number of nitrogens with one attached hydrogen (secondary N) is 3. The minimum atomic E-state index is -0.419. The van der Waals surface area contributed by atoms with Gasteiger partial charge >= 0.3 is 0 Å². The van der Waals surface area contributed by atoms with Crippen LogP contribution in [0, 0.1) is 5.82 Å². The van der Waals surface area contributed by atoms with Gasteiger partial charge in [0.05, 0.1) is 35.1 Å². The summed E-state index contributed by atoms with van der Waals surface area (Å²) in [7, 11) is 2.14. The van der Waals surface area contributed by atoms with Gasteiger partial charge in [0.25, 0.3) is 0 Å². The molecule has 3 aromatic heterocycles. The Hall–Kier alpha value is -4.87. The summed E-state index contributed by atoms with van der Waals surface area (Å²) in [6.07, 6.45) is 3.16. The van der Waals surface area contributed by atoms with Crippen molar-refractivity contribution in [2.45, 2.75) is 6.61 Å². The maximum absolute atomic E-state index is 13.5. The van der Waals surface area contributed by atoms with Crippen LogP contribution in [0.4, 0.5) is 33.2 Å². The van der Waals surface area contributed by atoms with Crippen LogP contribution in [0.1, 0.15) is 21.6 Å². The Morgan fingerprint density at radius 2 is 1.68 bits per heavy atom. The Labute approximate surface area is 235 Å². The second-order valence-electron chi connectivity index (χ2n) is 9.94. The number of likely N-dealkylation sites (N-methyl/N-ethyl adjacent to an activating group) is 1. The smallest absolute Gasteiger partial charge is 0.231 e. The molecular weight excluding hydrogens is 523 g/mol. The van der Waals surface area contributed by atoms with E-state index < -0.39 is 5.82 Å². The van der Waals surface area contributed by atoms with Gasteiger partial charge in [-0.25, -0.2) is 4.39 Å². The van der Waals surface area contributed by atoms with Crippen molar-refractivity contribution in [3.63, 3.8) is 0 Å². The quantitative estimate of drug-likeness (QED) is 0.207. The lowest BCUT2D eigenvalue weighted by molar-refractivity contribution is 0.104. The number of carbonyl (C=O) groups is 1. The van der Waals surface area contributed by atoms with Crippen molar-refractivity contribution in [1.82, 2.24) is 24.8 Å². The molecule has 1 aliphatic rings. The molecule has 5 aromatic rings. The number of piperazine rings is 1. The second kappa shape index (κ2) is 11.3. The van der Waals surface area contributed by atoms with Gasteiger partial charge in [-0.1, -0.05) is 0 Å². The number of aromatic nitrogens is 4. The third-order valence-electron chi connectivity index (χ3n) is 7.12. The predicted molar refractivity (Wildman–Crippen MR) is 157 cm³/mol. The molecule has 4 N–H and O–H groups in total. The van der Waals surface area contributed by atoms with Crippen molar-refractivity contribution in [2.75, 3.05) is 48.8 Å². The van der Waals surface area contributed by atoms with Gasteiger partial charge in [0.1, 0.15) is 17.3 Å². The van der Waals surface area contributed by atoms with Crippen molar-refractivity contribution in [3.05, 3.63) is 95.7 Å². The number of aromatic amines is 1. The zero-order chi connectivity index (χ0) is 28.3. The summed E-state index contributed by atoms with van der Waals surface area (Å²) in [5.74, 6) is 0.000800. The average Bonchev–Trinajstić information content (AvgIpc) is 3.43. The number of aliphatic hydroxyl groups excluding tert-OH is 1. The monoisotopic (exact) mass is 552 g/mol. The molecule has 1 aliphatic heterocycles. The molecule has 4 heterocycles. The molecule has 2 aromatic carbocycles. The van der Waals surface area contributed by atoms with Crippen molar-refractivity contribution < 1.29 is 14.3 Å². The molecular formula is C30H29FN8O2. The molecule has 0 bridgehead atoms. The molecule has 1 fully saturated rings. The van der Waals surface area contributed by atoms with E-state index in [1.54, 1.807) is 24.5 Å². The lowest BCUT2D eigenvalue weighted by Gasteiger charge is -2.34. The number of hydrogen-bond acceptors (Lipinski definition) is 9. The highest BCUT2D eigenvalue weighted by Gasteiger charge is 2.21. The highest BCUT2D eigenvalue weighted by Crippen LogP contribution is 2.31. The van der Waals surface area contributed by atoms with Crippen molar-refractivity contribution in [2.24, 2.45) is 0 Å². The van der Waals surface area contributed by atoms with Crippen LogP contribution in [0.3, 0.4) is 0 Å². The van der Waals surface area contributed by atoms with Crippen LogP contribution >= 0.6 is 0 Å². The number of hydrogen-bond donors (Lipinski definition) is 4. The Kier molecular flexibility index (Phi) is 7.28. The van der Waals surface area contributed by atoms with Crippen LogP contribution in [-0.2, 0) is 6.61 Å². The summed E-state index contributed by atoms with van der Waals surface area (Å²) in [5, 5.41) is 16.4. The molecule has 0 radical (unpaired) electrons. The molecule has 0 saturated carbocycles. The molecule has 208 valence electrons. The number of carbonyl (C=O) groups excluding carboxylic acids is 1. The number of ketones is 1. The lowest BCUT2D eigenvalue weighted by atomic mass is 10.0. The van der Waals surface area contributed by atoms with Gasteiger partial charge < -0.3 is 30.5 Å². The van der Waals surface area contributed by atoms with Crippen LogP contribution in [0.15, 0.2) is 73.1 Å². The highest BCUT2D eigenvalue weighted by atomic mass is 19.1. The van der Waals surface area contributed by atoms with E-state index >= 15 is 0 Å². The van der Waals surface area contributed by atoms with E-state index in [1.807, 2.05) is 12.1 Å². The van der Waals surface area contributed by atoms with E-state index in [-0.39, 0.29) is 12.4 Å². The van der Waals surface area contributed by atoms with Gasteiger partial charge in [-0.15, -0.1) is 0 Å². The molecule has 41 heavy (non-hydrogen) atoms. The third-order valence-corrected chi connectivity index (χ3v) is 7.12. The van der Waals surface area contributed by atoms with Crippen molar-refractivity contribution in [3.8, 4) is 0 Å². The third kappa shape index (κ3) is 5.72. The number of rotatable bonds is 8. The van der Waals surface area contributed by atoms with Crippen LogP contribution < -0.4 is 15.5 Å². The van der Waals surface area contributed by atoms with E-state index in [1.165, 1.54) is 24.3 Å². The van der Waals surface area contributed by atoms with Crippen LogP contribution in [0.2, 0.25) is 0 Å². The number of fused-ring (bicyclic) bond motifs is 1. The largest absolute Gasteiger partial charge is 0.390 e. The van der Waals surface area contributed by atoms with E-state index in [0.717, 1.165) is 37.6 Å². The molecule has 0 atom stereocenters. The van der Waals surface area contributed by atoms with Gasteiger partial charge in [0, 0.05) is 49.3 Å². The molecule has 0 spiro atoms. The van der Waals surface area contributed by atoms with E-state index in [2.05, 4.69) is 54.6 Å². The fourth-order valence-corrected chi connectivity index (χ4v) is 4.79. The highest BCUT2D eigenvalue weighted by molar-refractivity contribution is 6.18. The minimum Gasteiger partial charge on any atom is -0.390 e. The molecule has 0 amide bonds. The number of benzene rings is 2. The topological polar surface area (TPSA) is 122 Å². The van der Waals surface area contributed by atoms with E-state index in [0.29, 0.717) is 45.3 Å². The zero-order valence-electron chi connectivity index (χ0n) is 22.4. The molecule has 0 aliphatic carbocycles. The maximum atomic E-state index is 13.5. The molecule has 1 saturated heterocycles. The standard InChI is InChI=1S/C30H29FN8O2/c1-38-12-14-39(15-13-38)24-10-8-21(9-11-24)35-30-36-28-26(29(37-30)34-22-6-7-23(18-40)32-16-22)25(17-33-28)27(41)19-2-4-20(31)5-3-19/h2-11,16-17,40H,12-15,18H2,1H3,(H3,33,34,35,36,37). The Bertz CT molecular complexity index is 1660. The van der Waals surface area contributed by atoms with Gasteiger partial charge in [-0.3, -0.25) is 9.78 Å². The number of anilines is 5. The Morgan fingerprint density at radius 3 is 2.37 bits per heavy atom. The molecule has 10 nitrogen and oxygen atoms in total. The van der Waals surface area contributed by atoms with Gasteiger partial charge in [0.2, 0.25) is 5.95 Å². The fraction of sp³-hybridized carbons (Fsp3) is 0.200. The zero-order valence-corrected chi connectivity index (χ0v) is 22.4. The second-order valence-corrected chi connectivity index (χ2v) is 9.94. The SMILES string of the molecule is CN1CCN(c2ccc(Nc3nc(Nc4ccc(CO)nc4)c4c(C(=O)c5ccc(F)cc5)c[nH]c4n3)cc2)CC1. The first-order chi connectivity index (χ1) is 20.0. The minimum absolute atomic E-state index is 0.173. The first kappa shape index (κ1) is 26.4. The number of H-pyrrole nitrogens is 1. The van der Waals surface area contributed by atoms with Gasteiger partial charge in [-0.2, -0.15) is 9.97 Å². The van der Waals surface area contributed by atoms with Gasteiger partial charge in [0.15, 0.2) is 5.78 Å². The van der Waals surface area contributed by atoms with Crippen molar-refractivity contribution >= 4 is 45.6 Å². The molecule has 0 unspecified atom stereocenters. The maximum Gasteiger partial charge on any atom is 0.231 e. The van der Waals surface area contributed by atoms with Crippen LogP contribution in [-0.4, -0.2) is 69.0 Å². The summed E-state index contributed by atoms with van der Waals surface area (Å²) in [6, 6.07) is 17.0. The van der Waals surface area contributed by atoms with Crippen molar-refractivity contribution in [1.29, 1.82) is 0 Å². The summed E-state index contributed by atoms with van der Waals surface area (Å²) in [4.78, 5) is 34.7. The predicted octanol–water partition coefficient (Wildman–Crippen LogP) is 4.45. The first-order valence-corrected chi connectivity index (χ1v) is 13.3. The number of pyridine rings is 1. The fourth-order valence-electron chi connectivity index (χ4n) is 4.79. The summed E-state index contributed by atoms with van der Waals surface area (Å²) in [6.45, 7) is 3.86. The first-order valence-electron chi connectivity index (χ1n) is 13.3. The summed E-state index contributed by atoms with van der Waals surface area (Å²) in [5.41, 5.74) is 4.26. The number of aliphatic hydroxyl groups is 1. The summed E-state index contributed by atoms with van der Waals surface area (Å²) >= 11 is 0. The normalized spacial score (nSPS) is 13.9. The summed E-state index contributed by atoms with van der Waals surface area (Å²) < 4.78 is 13.5.